The van der Waals surface area contributed by atoms with E-state index >= 15 is 0 Å². The maximum absolute atomic E-state index is 6.30. The van der Waals surface area contributed by atoms with Crippen molar-refractivity contribution in [1.82, 2.24) is 15.6 Å². The van der Waals surface area contributed by atoms with Crippen molar-refractivity contribution in [2.75, 3.05) is 50.5 Å². The maximum atomic E-state index is 6.30. The van der Waals surface area contributed by atoms with E-state index in [0.717, 1.165) is 70.4 Å². The lowest BCUT2D eigenvalue weighted by Gasteiger charge is -2.34. The number of hydrogen-bond donors (Lipinski definition) is 2. The topological polar surface area (TPSA) is 61.8 Å². The largest absolute Gasteiger partial charge is 0.381 e. The molecule has 0 bridgehead atoms. The molecule has 0 aromatic carbocycles. The molecular formula is C19H30ClN5OS. The number of hydrogen-bond acceptors (Lipinski definition) is 5. The van der Waals surface area contributed by atoms with Crippen molar-refractivity contribution in [3.63, 3.8) is 0 Å². The summed E-state index contributed by atoms with van der Waals surface area (Å²) in [5.74, 6) is 1.77. The predicted octanol–water partition coefficient (Wildman–Crippen LogP) is 2.78. The summed E-state index contributed by atoms with van der Waals surface area (Å²) < 4.78 is 5.73. The zero-order chi connectivity index (χ0) is 19.1. The Morgan fingerprint density at radius 2 is 2.30 bits per heavy atom. The number of halogens is 1. The van der Waals surface area contributed by atoms with Crippen LogP contribution in [0, 0.1) is 0 Å². The van der Waals surface area contributed by atoms with Crippen molar-refractivity contribution in [2.24, 2.45) is 4.99 Å². The Morgan fingerprint density at radius 1 is 1.48 bits per heavy atom. The van der Waals surface area contributed by atoms with Crippen molar-refractivity contribution in [1.29, 1.82) is 0 Å². The average molecular weight is 412 g/mol. The predicted molar refractivity (Wildman–Crippen MR) is 115 cm³/mol. The molecule has 3 rings (SSSR count). The SMILES string of the molecule is CCNC(=NCC1(SC)CCOCC1)NC1CCN(c2ncccc2Cl)C1. The number of aromatic nitrogens is 1. The average Bonchev–Trinajstić information content (AvgIpc) is 3.16. The summed E-state index contributed by atoms with van der Waals surface area (Å²) in [4.78, 5) is 11.6. The summed E-state index contributed by atoms with van der Waals surface area (Å²) in [5.41, 5.74) is 0. The molecule has 8 heteroatoms. The van der Waals surface area contributed by atoms with Crippen LogP contribution in [-0.4, -0.2) is 67.4 Å². The number of nitrogens with one attached hydrogen (secondary N) is 2. The van der Waals surface area contributed by atoms with Gasteiger partial charge in [-0.2, -0.15) is 11.8 Å². The van der Waals surface area contributed by atoms with E-state index in [1.807, 2.05) is 23.9 Å². The van der Waals surface area contributed by atoms with Crippen molar-refractivity contribution in [3.8, 4) is 0 Å². The molecule has 6 nitrogen and oxygen atoms in total. The third-order valence-electron chi connectivity index (χ3n) is 5.27. The second-order valence-corrected chi connectivity index (χ2v) is 8.76. The zero-order valence-electron chi connectivity index (χ0n) is 16.2. The molecule has 0 amide bonds. The van der Waals surface area contributed by atoms with Crippen LogP contribution in [0.15, 0.2) is 23.3 Å². The zero-order valence-corrected chi connectivity index (χ0v) is 17.8. The number of aliphatic imine (C=N–C) groups is 1. The molecule has 2 N–H and O–H groups in total. The van der Waals surface area contributed by atoms with Crippen LogP contribution in [0.4, 0.5) is 5.82 Å². The number of rotatable bonds is 6. The van der Waals surface area contributed by atoms with E-state index in [4.69, 9.17) is 21.3 Å². The first-order valence-corrected chi connectivity index (χ1v) is 11.3. The van der Waals surface area contributed by atoms with Gasteiger partial charge in [-0.1, -0.05) is 11.6 Å². The van der Waals surface area contributed by atoms with Gasteiger partial charge >= 0.3 is 0 Å². The summed E-state index contributed by atoms with van der Waals surface area (Å²) in [6.07, 6.45) is 7.15. The molecular weight excluding hydrogens is 382 g/mol. The first-order valence-electron chi connectivity index (χ1n) is 9.69. The number of anilines is 1. The lowest BCUT2D eigenvalue weighted by molar-refractivity contribution is 0.0794. The van der Waals surface area contributed by atoms with Crippen LogP contribution in [0.25, 0.3) is 0 Å². The van der Waals surface area contributed by atoms with Crippen LogP contribution >= 0.6 is 23.4 Å². The van der Waals surface area contributed by atoms with Crippen molar-refractivity contribution in [3.05, 3.63) is 23.4 Å². The minimum atomic E-state index is 0.198. The molecule has 2 saturated heterocycles. The highest BCUT2D eigenvalue weighted by molar-refractivity contribution is 8.00. The standard InChI is InChI=1S/C19H30ClN5OS/c1-3-21-18(23-14-19(27-2)7-11-26-12-8-19)24-15-6-10-25(13-15)17-16(20)5-4-9-22-17/h4-5,9,15H,3,6-8,10-14H2,1-2H3,(H2,21,23,24). The molecule has 1 atom stereocenters. The van der Waals surface area contributed by atoms with E-state index in [-0.39, 0.29) is 4.75 Å². The van der Waals surface area contributed by atoms with E-state index in [0.29, 0.717) is 11.1 Å². The highest BCUT2D eigenvalue weighted by atomic mass is 35.5. The Hall–Kier alpha value is -1.18. The van der Waals surface area contributed by atoms with Gasteiger partial charge in [-0.15, -0.1) is 0 Å². The first-order chi connectivity index (χ1) is 13.2. The molecule has 1 aromatic rings. The molecule has 150 valence electrons. The molecule has 0 saturated carbocycles. The second-order valence-electron chi connectivity index (χ2n) is 7.08. The molecule has 2 aliphatic rings. The fourth-order valence-electron chi connectivity index (χ4n) is 3.59. The number of pyridine rings is 1. The van der Waals surface area contributed by atoms with Crippen molar-refractivity contribution in [2.45, 2.75) is 37.0 Å². The van der Waals surface area contributed by atoms with E-state index in [2.05, 4.69) is 33.7 Å². The van der Waals surface area contributed by atoms with Crippen LogP contribution in [0.1, 0.15) is 26.2 Å². The van der Waals surface area contributed by atoms with Crippen molar-refractivity contribution < 1.29 is 4.74 Å². The van der Waals surface area contributed by atoms with Gasteiger partial charge in [-0.3, -0.25) is 4.99 Å². The molecule has 3 heterocycles. The second kappa shape index (κ2) is 9.85. The molecule has 0 radical (unpaired) electrons. The quantitative estimate of drug-likeness (QED) is 0.554. The molecule has 27 heavy (non-hydrogen) atoms. The normalized spacial score (nSPS) is 22.7. The highest BCUT2D eigenvalue weighted by Gasteiger charge is 2.32. The van der Waals surface area contributed by atoms with Gasteiger partial charge < -0.3 is 20.3 Å². The smallest absolute Gasteiger partial charge is 0.191 e. The van der Waals surface area contributed by atoms with Gasteiger partial charge in [-0.05, 0) is 44.6 Å². The van der Waals surface area contributed by atoms with Gasteiger partial charge in [0.15, 0.2) is 5.96 Å². The summed E-state index contributed by atoms with van der Waals surface area (Å²) >= 11 is 8.22. The lowest BCUT2D eigenvalue weighted by Crippen LogP contribution is -2.46. The third-order valence-corrected chi connectivity index (χ3v) is 6.97. The van der Waals surface area contributed by atoms with Gasteiger partial charge in [-0.25, -0.2) is 4.98 Å². The minimum absolute atomic E-state index is 0.198. The first kappa shape index (κ1) is 20.6. The Balaban J connectivity index is 1.60. The van der Waals surface area contributed by atoms with E-state index in [1.165, 1.54) is 0 Å². The monoisotopic (exact) mass is 411 g/mol. The summed E-state index contributed by atoms with van der Waals surface area (Å²) in [5, 5.41) is 7.71. The fourth-order valence-corrected chi connectivity index (χ4v) is 4.60. The van der Waals surface area contributed by atoms with Gasteiger partial charge in [0.1, 0.15) is 5.82 Å². The Labute approximate surface area is 171 Å². The highest BCUT2D eigenvalue weighted by Crippen LogP contribution is 2.34. The molecule has 0 aliphatic carbocycles. The van der Waals surface area contributed by atoms with Crippen LogP contribution in [-0.2, 0) is 4.74 Å². The molecule has 2 aliphatic heterocycles. The summed E-state index contributed by atoms with van der Waals surface area (Å²) in [6, 6.07) is 4.10. The molecule has 0 spiro atoms. The minimum Gasteiger partial charge on any atom is -0.381 e. The van der Waals surface area contributed by atoms with Crippen LogP contribution < -0.4 is 15.5 Å². The fraction of sp³-hybridized carbons (Fsp3) is 0.684. The van der Waals surface area contributed by atoms with E-state index in [1.54, 1.807) is 6.20 Å². The number of ether oxygens (including phenoxy) is 1. The Morgan fingerprint density at radius 3 is 3.00 bits per heavy atom. The third kappa shape index (κ3) is 5.42. The van der Waals surface area contributed by atoms with Crippen LogP contribution in [0.2, 0.25) is 5.02 Å². The number of thioether (sulfide) groups is 1. The van der Waals surface area contributed by atoms with Crippen LogP contribution in [0.5, 0.6) is 0 Å². The Kier molecular flexibility index (Phi) is 7.49. The molecule has 1 unspecified atom stereocenters. The number of nitrogens with zero attached hydrogens (tertiary/aromatic N) is 3. The van der Waals surface area contributed by atoms with Crippen molar-refractivity contribution >= 4 is 35.1 Å². The molecule has 1 aromatic heterocycles. The van der Waals surface area contributed by atoms with Gasteiger partial charge in [0.05, 0.1) is 11.6 Å². The van der Waals surface area contributed by atoms with Crippen LogP contribution in [0.3, 0.4) is 0 Å². The summed E-state index contributed by atoms with van der Waals surface area (Å²) in [6.45, 7) is 7.26. The maximum Gasteiger partial charge on any atom is 0.191 e. The van der Waals surface area contributed by atoms with E-state index < -0.39 is 0 Å². The van der Waals surface area contributed by atoms with E-state index in [9.17, 15) is 0 Å². The summed E-state index contributed by atoms with van der Waals surface area (Å²) in [7, 11) is 0. The number of guanidine groups is 1. The van der Waals surface area contributed by atoms with Gasteiger partial charge in [0, 0.05) is 49.8 Å². The van der Waals surface area contributed by atoms with Gasteiger partial charge in [0.2, 0.25) is 0 Å². The lowest BCUT2D eigenvalue weighted by atomic mass is 9.99. The Bertz CT molecular complexity index is 638. The van der Waals surface area contributed by atoms with Gasteiger partial charge in [0.25, 0.3) is 0 Å². The molecule has 2 fully saturated rings.